The number of carbonyl (C=O) groups excluding carboxylic acids is 1. The van der Waals surface area contributed by atoms with Gasteiger partial charge in [0.25, 0.3) is 0 Å². The lowest BCUT2D eigenvalue weighted by molar-refractivity contribution is -0.145. The maximum atomic E-state index is 12.5. The van der Waals surface area contributed by atoms with Crippen molar-refractivity contribution >= 4 is 12.0 Å². The molecule has 2 N–H and O–H groups in total. The number of nitrogens with zero attached hydrogens (tertiary/aromatic N) is 1. The molecule has 1 saturated carbocycles. The van der Waals surface area contributed by atoms with Gasteiger partial charge in [-0.15, -0.1) is 0 Å². The van der Waals surface area contributed by atoms with Crippen LogP contribution >= 0.6 is 0 Å². The Morgan fingerprint density at radius 2 is 1.60 bits per heavy atom. The van der Waals surface area contributed by atoms with Gasteiger partial charge in [0.15, 0.2) is 0 Å². The van der Waals surface area contributed by atoms with Crippen LogP contribution in [0.3, 0.4) is 0 Å². The Labute approximate surface area is 120 Å². The number of carbonyl (C=O) groups is 2. The molecule has 0 aromatic rings. The molecular formula is C15H26N2O3. The van der Waals surface area contributed by atoms with E-state index < -0.39 is 11.5 Å². The highest BCUT2D eigenvalue weighted by molar-refractivity contribution is 5.86. The second-order valence-corrected chi connectivity index (χ2v) is 6.80. The van der Waals surface area contributed by atoms with Gasteiger partial charge >= 0.3 is 12.0 Å². The maximum Gasteiger partial charge on any atom is 0.329 e. The molecule has 2 amide bonds. The van der Waals surface area contributed by atoms with E-state index in [4.69, 9.17) is 0 Å². The molecule has 2 fully saturated rings. The van der Waals surface area contributed by atoms with Crippen LogP contribution in [-0.2, 0) is 4.79 Å². The van der Waals surface area contributed by atoms with Crippen molar-refractivity contribution in [2.24, 2.45) is 0 Å². The van der Waals surface area contributed by atoms with Crippen LogP contribution < -0.4 is 5.32 Å². The largest absolute Gasteiger partial charge is 0.480 e. The summed E-state index contributed by atoms with van der Waals surface area (Å²) in [4.78, 5) is 26.0. The predicted octanol–water partition coefficient (Wildman–Crippen LogP) is 2.75. The van der Waals surface area contributed by atoms with Gasteiger partial charge in [0.1, 0.15) is 5.54 Å². The van der Waals surface area contributed by atoms with Gasteiger partial charge in [0.2, 0.25) is 0 Å². The molecule has 1 saturated heterocycles. The molecule has 0 aromatic carbocycles. The molecule has 0 radical (unpaired) electrons. The zero-order valence-corrected chi connectivity index (χ0v) is 12.6. The number of nitrogens with one attached hydrogen (secondary N) is 1. The number of carboxylic acid groups (broad SMARTS) is 1. The number of hydrogen-bond acceptors (Lipinski definition) is 2. The van der Waals surface area contributed by atoms with E-state index in [2.05, 4.69) is 5.32 Å². The number of rotatable bonds is 2. The number of urea groups is 1. The summed E-state index contributed by atoms with van der Waals surface area (Å²) in [5, 5.41) is 12.5. The zero-order valence-electron chi connectivity index (χ0n) is 12.6. The average Bonchev–Trinajstić information content (AvgIpc) is 2.59. The Morgan fingerprint density at radius 3 is 2.05 bits per heavy atom. The standard InChI is InChI=1S/C15H26N2O3/c1-14(2)8-7-11-17(14)13(20)16-15(12(18)19)9-5-3-4-6-10-15/h3-11H2,1-2H3,(H,16,20)(H,18,19). The minimum atomic E-state index is -1.06. The first kappa shape index (κ1) is 15.1. The minimum absolute atomic E-state index is 0.172. The topological polar surface area (TPSA) is 69.6 Å². The molecule has 20 heavy (non-hydrogen) atoms. The van der Waals surface area contributed by atoms with Gasteiger partial charge in [-0.3, -0.25) is 0 Å². The fourth-order valence-corrected chi connectivity index (χ4v) is 3.48. The van der Waals surface area contributed by atoms with Crippen LogP contribution in [0.15, 0.2) is 0 Å². The van der Waals surface area contributed by atoms with Gasteiger partial charge in [-0.2, -0.15) is 0 Å². The molecule has 0 bridgehead atoms. The van der Waals surface area contributed by atoms with Crippen molar-refractivity contribution in [1.82, 2.24) is 10.2 Å². The summed E-state index contributed by atoms with van der Waals surface area (Å²) < 4.78 is 0. The Kier molecular flexibility index (Phi) is 4.25. The lowest BCUT2D eigenvalue weighted by Gasteiger charge is -2.36. The van der Waals surface area contributed by atoms with Crippen LogP contribution in [-0.4, -0.2) is 39.6 Å². The van der Waals surface area contributed by atoms with Crippen molar-refractivity contribution in [3.05, 3.63) is 0 Å². The van der Waals surface area contributed by atoms with E-state index in [1.54, 1.807) is 4.90 Å². The molecule has 1 aliphatic heterocycles. The molecule has 5 heteroatoms. The summed E-state index contributed by atoms with van der Waals surface area (Å²) >= 11 is 0. The highest BCUT2D eigenvalue weighted by Crippen LogP contribution is 2.31. The quantitative estimate of drug-likeness (QED) is 0.765. The first-order valence-electron chi connectivity index (χ1n) is 7.71. The zero-order chi connectivity index (χ0) is 14.8. The van der Waals surface area contributed by atoms with Crippen molar-refractivity contribution in [2.45, 2.75) is 76.3 Å². The molecule has 2 rings (SSSR count). The second kappa shape index (κ2) is 5.62. The summed E-state index contributed by atoms with van der Waals surface area (Å²) in [6, 6.07) is -0.211. The lowest BCUT2D eigenvalue weighted by Crippen LogP contribution is -2.59. The second-order valence-electron chi connectivity index (χ2n) is 6.80. The van der Waals surface area contributed by atoms with Crippen molar-refractivity contribution in [1.29, 1.82) is 0 Å². The summed E-state index contributed by atoms with van der Waals surface area (Å²) in [6.45, 7) is 4.80. The van der Waals surface area contributed by atoms with E-state index in [0.717, 1.165) is 38.5 Å². The third-order valence-corrected chi connectivity index (χ3v) is 4.86. The Hall–Kier alpha value is -1.26. The smallest absolute Gasteiger partial charge is 0.329 e. The Bertz CT molecular complexity index is 385. The highest BCUT2D eigenvalue weighted by Gasteiger charge is 2.43. The number of aliphatic carboxylic acids is 1. The third-order valence-electron chi connectivity index (χ3n) is 4.86. The van der Waals surface area contributed by atoms with Crippen LogP contribution in [0.25, 0.3) is 0 Å². The molecule has 0 spiro atoms. The van der Waals surface area contributed by atoms with Crippen LogP contribution in [0.1, 0.15) is 65.2 Å². The summed E-state index contributed by atoms with van der Waals surface area (Å²) in [5.74, 6) is -0.884. The summed E-state index contributed by atoms with van der Waals surface area (Å²) in [6.07, 6.45) is 6.90. The molecule has 114 valence electrons. The van der Waals surface area contributed by atoms with Gasteiger partial charge in [-0.25, -0.2) is 9.59 Å². The van der Waals surface area contributed by atoms with E-state index in [0.29, 0.717) is 19.4 Å². The van der Waals surface area contributed by atoms with Gasteiger partial charge in [0, 0.05) is 12.1 Å². The minimum Gasteiger partial charge on any atom is -0.480 e. The monoisotopic (exact) mass is 282 g/mol. The first-order valence-corrected chi connectivity index (χ1v) is 7.71. The number of hydrogen-bond donors (Lipinski definition) is 2. The third kappa shape index (κ3) is 2.91. The highest BCUT2D eigenvalue weighted by atomic mass is 16.4. The van der Waals surface area contributed by atoms with Gasteiger partial charge in [0.05, 0.1) is 0 Å². The van der Waals surface area contributed by atoms with E-state index in [1.165, 1.54) is 0 Å². The molecule has 0 atom stereocenters. The lowest BCUT2D eigenvalue weighted by atomic mass is 9.90. The van der Waals surface area contributed by atoms with E-state index in [9.17, 15) is 14.7 Å². The Balaban J connectivity index is 2.12. The van der Waals surface area contributed by atoms with Crippen molar-refractivity contribution < 1.29 is 14.7 Å². The van der Waals surface area contributed by atoms with Gasteiger partial charge < -0.3 is 15.3 Å². The van der Waals surface area contributed by atoms with E-state index in [-0.39, 0.29) is 11.6 Å². The summed E-state index contributed by atoms with van der Waals surface area (Å²) in [7, 11) is 0. The van der Waals surface area contributed by atoms with Crippen molar-refractivity contribution in [3.63, 3.8) is 0 Å². The van der Waals surface area contributed by atoms with E-state index >= 15 is 0 Å². The summed E-state index contributed by atoms with van der Waals surface area (Å²) in [5.41, 5.74) is -1.24. The van der Waals surface area contributed by atoms with Crippen LogP contribution in [0.4, 0.5) is 4.79 Å². The van der Waals surface area contributed by atoms with Gasteiger partial charge in [-0.1, -0.05) is 25.7 Å². The van der Waals surface area contributed by atoms with E-state index in [1.807, 2.05) is 13.8 Å². The molecule has 5 nitrogen and oxygen atoms in total. The Morgan fingerprint density at radius 1 is 1.00 bits per heavy atom. The molecule has 0 aromatic heterocycles. The first-order chi connectivity index (χ1) is 9.37. The average molecular weight is 282 g/mol. The molecule has 2 aliphatic rings. The van der Waals surface area contributed by atoms with Crippen molar-refractivity contribution in [2.75, 3.05) is 6.54 Å². The van der Waals surface area contributed by atoms with Crippen LogP contribution in [0.5, 0.6) is 0 Å². The number of carboxylic acids is 1. The fourth-order valence-electron chi connectivity index (χ4n) is 3.48. The van der Waals surface area contributed by atoms with Crippen LogP contribution in [0.2, 0.25) is 0 Å². The predicted molar refractivity (Wildman–Crippen MR) is 76.6 cm³/mol. The fraction of sp³-hybridized carbons (Fsp3) is 0.867. The number of amides is 2. The number of likely N-dealkylation sites (tertiary alicyclic amines) is 1. The maximum absolute atomic E-state index is 12.5. The van der Waals surface area contributed by atoms with Crippen LogP contribution in [0, 0.1) is 0 Å². The molecular weight excluding hydrogens is 256 g/mol. The SMILES string of the molecule is CC1(C)CCCN1C(=O)NC1(C(=O)O)CCCCCC1. The molecule has 1 aliphatic carbocycles. The molecule has 0 unspecified atom stereocenters. The van der Waals surface area contributed by atoms with Gasteiger partial charge in [-0.05, 0) is 39.5 Å². The molecule has 1 heterocycles. The normalized spacial score (nSPS) is 25.0. The van der Waals surface area contributed by atoms with Crippen molar-refractivity contribution in [3.8, 4) is 0 Å².